The maximum absolute atomic E-state index is 12.8. The van der Waals surface area contributed by atoms with E-state index in [-0.39, 0.29) is 11.8 Å². The first-order chi connectivity index (χ1) is 12.5. The Bertz CT molecular complexity index is 912. The van der Waals surface area contributed by atoms with Crippen molar-refractivity contribution >= 4 is 10.0 Å². The van der Waals surface area contributed by atoms with E-state index in [1.54, 1.807) is 18.5 Å². The number of benzene rings is 2. The second kappa shape index (κ2) is 6.57. The zero-order chi connectivity index (χ0) is 18.3. The third kappa shape index (κ3) is 3.06. The Morgan fingerprint density at radius 3 is 2.42 bits per heavy atom. The molecule has 6 nitrogen and oxygen atoms in total. The number of rotatable bonds is 4. The maximum atomic E-state index is 12.8. The Kier molecular flexibility index (Phi) is 4.38. The summed E-state index contributed by atoms with van der Waals surface area (Å²) in [5.41, 5.74) is 3.19. The van der Waals surface area contributed by atoms with Crippen LogP contribution in [0.2, 0.25) is 0 Å². The van der Waals surface area contributed by atoms with Gasteiger partial charge in [0.25, 0.3) is 0 Å². The predicted octanol–water partition coefficient (Wildman–Crippen LogP) is 2.36. The minimum atomic E-state index is -3.32. The van der Waals surface area contributed by atoms with Gasteiger partial charge in [-0.3, -0.25) is 4.90 Å². The summed E-state index contributed by atoms with van der Waals surface area (Å²) in [5.74, 6) is 1.68. The summed E-state index contributed by atoms with van der Waals surface area (Å²) >= 11 is 0. The van der Waals surface area contributed by atoms with Crippen LogP contribution in [0.4, 0.5) is 0 Å². The maximum Gasteiger partial charge on any atom is 0.217 e. The molecule has 1 fully saturated rings. The van der Waals surface area contributed by atoms with Crippen LogP contribution >= 0.6 is 0 Å². The molecule has 2 aromatic carbocycles. The Morgan fingerprint density at radius 2 is 1.73 bits per heavy atom. The van der Waals surface area contributed by atoms with Crippen LogP contribution in [0.1, 0.15) is 22.7 Å². The van der Waals surface area contributed by atoms with Crippen molar-refractivity contribution in [3.63, 3.8) is 0 Å². The molecule has 7 heteroatoms. The third-order valence-electron chi connectivity index (χ3n) is 5.14. The van der Waals surface area contributed by atoms with E-state index in [2.05, 4.69) is 4.90 Å². The van der Waals surface area contributed by atoms with Crippen molar-refractivity contribution in [2.75, 3.05) is 26.6 Å². The predicted molar refractivity (Wildman–Crippen MR) is 98.5 cm³/mol. The number of nitrogens with zero attached hydrogens (tertiary/aromatic N) is 2. The molecule has 0 spiro atoms. The average Bonchev–Trinajstić information content (AvgIpc) is 2.98. The lowest BCUT2D eigenvalue weighted by atomic mass is 10.1. The van der Waals surface area contributed by atoms with Gasteiger partial charge < -0.3 is 9.47 Å². The van der Waals surface area contributed by atoms with E-state index in [0.717, 1.165) is 34.7 Å². The molecule has 2 aliphatic heterocycles. The van der Waals surface area contributed by atoms with E-state index in [0.29, 0.717) is 13.2 Å². The number of fused-ring (bicyclic) bond motifs is 3. The van der Waals surface area contributed by atoms with E-state index in [1.807, 2.05) is 42.5 Å². The molecule has 0 aromatic heterocycles. The quantitative estimate of drug-likeness (QED) is 0.822. The molecule has 0 amide bonds. The van der Waals surface area contributed by atoms with Gasteiger partial charge in [0.05, 0.1) is 32.7 Å². The number of hydrogen-bond acceptors (Lipinski definition) is 5. The summed E-state index contributed by atoms with van der Waals surface area (Å²) in [6, 6.07) is 13.3. The van der Waals surface area contributed by atoms with Crippen LogP contribution in [0.5, 0.6) is 11.5 Å². The zero-order valence-electron chi connectivity index (χ0n) is 14.9. The molecule has 0 N–H and O–H groups in total. The van der Waals surface area contributed by atoms with Crippen LogP contribution in [0.3, 0.4) is 0 Å². The van der Waals surface area contributed by atoms with E-state index in [1.165, 1.54) is 0 Å². The topological polar surface area (TPSA) is 59.1 Å². The summed E-state index contributed by atoms with van der Waals surface area (Å²) in [4.78, 5) is 2.22. The van der Waals surface area contributed by atoms with Gasteiger partial charge in [-0.15, -0.1) is 0 Å². The highest BCUT2D eigenvalue weighted by Gasteiger charge is 2.42. The summed E-state index contributed by atoms with van der Waals surface area (Å²) in [6.07, 6.45) is 0. The minimum Gasteiger partial charge on any atom is -0.497 e. The standard InChI is InChI=1S/C19H22N2O4S/c1-24-16-5-3-14(4-6-16)10-21-13-20-11-15-9-17(25-2)7-8-18(15)19(20)12-26(21,22)23/h3-9,19H,10-13H2,1-2H3. The second-order valence-electron chi connectivity index (χ2n) is 6.71. The number of sulfonamides is 1. The molecule has 0 saturated carbocycles. The summed E-state index contributed by atoms with van der Waals surface area (Å²) < 4.78 is 37.7. The van der Waals surface area contributed by atoms with Gasteiger partial charge in [0.2, 0.25) is 10.0 Å². The van der Waals surface area contributed by atoms with Crippen molar-refractivity contribution in [3.8, 4) is 11.5 Å². The lowest BCUT2D eigenvalue weighted by molar-refractivity contribution is 0.137. The summed E-state index contributed by atoms with van der Waals surface area (Å²) in [6.45, 7) is 1.51. The molecule has 2 aliphatic rings. The molecule has 1 atom stereocenters. The van der Waals surface area contributed by atoms with Gasteiger partial charge in [-0.05, 0) is 41.0 Å². The van der Waals surface area contributed by atoms with Gasteiger partial charge in [-0.25, -0.2) is 8.42 Å². The van der Waals surface area contributed by atoms with Crippen LogP contribution in [0.25, 0.3) is 0 Å². The van der Waals surface area contributed by atoms with Gasteiger partial charge in [-0.2, -0.15) is 4.31 Å². The molecule has 138 valence electrons. The Morgan fingerprint density at radius 1 is 1.04 bits per heavy atom. The first-order valence-electron chi connectivity index (χ1n) is 8.52. The molecule has 26 heavy (non-hydrogen) atoms. The van der Waals surface area contributed by atoms with Crippen molar-refractivity contribution in [1.29, 1.82) is 0 Å². The first-order valence-corrected chi connectivity index (χ1v) is 10.1. The van der Waals surface area contributed by atoms with Gasteiger partial charge in [0.1, 0.15) is 11.5 Å². The van der Waals surface area contributed by atoms with Gasteiger partial charge in [0, 0.05) is 13.1 Å². The molecule has 0 bridgehead atoms. The molecular weight excluding hydrogens is 352 g/mol. The number of methoxy groups -OCH3 is 2. The largest absolute Gasteiger partial charge is 0.497 e. The van der Waals surface area contributed by atoms with Crippen LogP contribution in [-0.2, 0) is 23.1 Å². The fourth-order valence-electron chi connectivity index (χ4n) is 3.72. The highest BCUT2D eigenvalue weighted by atomic mass is 32.2. The Balaban J connectivity index is 1.55. The fraction of sp³-hybridized carbons (Fsp3) is 0.368. The lowest BCUT2D eigenvalue weighted by Crippen LogP contribution is -2.49. The van der Waals surface area contributed by atoms with Crippen molar-refractivity contribution in [2.24, 2.45) is 0 Å². The fourth-order valence-corrected chi connectivity index (χ4v) is 5.39. The zero-order valence-corrected chi connectivity index (χ0v) is 15.7. The van der Waals surface area contributed by atoms with Crippen molar-refractivity contribution in [1.82, 2.24) is 9.21 Å². The van der Waals surface area contributed by atoms with Crippen LogP contribution < -0.4 is 9.47 Å². The molecule has 2 aromatic rings. The van der Waals surface area contributed by atoms with Gasteiger partial charge >= 0.3 is 0 Å². The molecule has 0 aliphatic carbocycles. The van der Waals surface area contributed by atoms with Crippen LogP contribution in [0, 0.1) is 0 Å². The van der Waals surface area contributed by atoms with E-state index in [9.17, 15) is 8.42 Å². The normalized spacial score (nSPS) is 21.8. The molecule has 1 saturated heterocycles. The molecule has 4 rings (SSSR count). The van der Waals surface area contributed by atoms with Crippen molar-refractivity contribution < 1.29 is 17.9 Å². The highest BCUT2D eigenvalue weighted by Crippen LogP contribution is 2.40. The van der Waals surface area contributed by atoms with Gasteiger partial charge in [-0.1, -0.05) is 18.2 Å². The highest BCUT2D eigenvalue weighted by molar-refractivity contribution is 7.89. The van der Waals surface area contributed by atoms with Crippen molar-refractivity contribution in [3.05, 3.63) is 59.2 Å². The summed E-state index contributed by atoms with van der Waals surface area (Å²) in [7, 11) is -0.0616. The SMILES string of the molecule is COc1ccc(CN2CN3Cc4cc(OC)ccc4C3CS2(=O)=O)cc1. The Labute approximate surface area is 154 Å². The smallest absolute Gasteiger partial charge is 0.217 e. The van der Waals surface area contributed by atoms with Gasteiger partial charge in [0.15, 0.2) is 0 Å². The number of hydrogen-bond donors (Lipinski definition) is 0. The van der Waals surface area contributed by atoms with Crippen molar-refractivity contribution in [2.45, 2.75) is 19.1 Å². The number of ether oxygens (including phenoxy) is 2. The first kappa shape index (κ1) is 17.3. The summed E-state index contributed by atoms with van der Waals surface area (Å²) in [5, 5.41) is 0. The van der Waals surface area contributed by atoms with Crippen LogP contribution in [-0.4, -0.2) is 44.3 Å². The molecular formula is C19H22N2O4S. The minimum absolute atomic E-state index is 0.0759. The van der Waals surface area contributed by atoms with E-state index >= 15 is 0 Å². The monoisotopic (exact) mass is 374 g/mol. The van der Waals surface area contributed by atoms with E-state index in [4.69, 9.17) is 9.47 Å². The second-order valence-corrected chi connectivity index (χ2v) is 8.72. The lowest BCUT2D eigenvalue weighted by Gasteiger charge is -2.37. The molecule has 2 heterocycles. The van der Waals surface area contributed by atoms with Crippen LogP contribution in [0.15, 0.2) is 42.5 Å². The van der Waals surface area contributed by atoms with E-state index < -0.39 is 10.0 Å². The third-order valence-corrected chi connectivity index (χ3v) is 6.91. The average molecular weight is 374 g/mol. The molecule has 0 radical (unpaired) electrons. The Hall–Kier alpha value is -2.09. The molecule has 1 unspecified atom stereocenters.